The van der Waals surface area contributed by atoms with E-state index in [-0.39, 0.29) is 0 Å². The molecule has 0 bridgehead atoms. The molecule has 2 N–H and O–H groups in total. The Bertz CT molecular complexity index is 841. The lowest BCUT2D eigenvalue weighted by Crippen LogP contribution is -2.02. The van der Waals surface area contributed by atoms with Crippen LogP contribution in [0.25, 0.3) is 16.7 Å². The molecule has 0 saturated heterocycles. The van der Waals surface area contributed by atoms with Crippen molar-refractivity contribution in [2.75, 3.05) is 12.8 Å². The van der Waals surface area contributed by atoms with Gasteiger partial charge < -0.3 is 10.5 Å². The standard InChI is InChI=1S/C15H15ClN4O/c1-8-9(2)20(15-13(8)14(17)18-7-19-15)11-6-10(16)4-5-12(11)21-3/h4-7H,1-3H3,(H2,17,18,19). The van der Waals surface area contributed by atoms with Gasteiger partial charge in [-0.25, -0.2) is 9.97 Å². The molecule has 0 aliphatic carbocycles. The van der Waals surface area contributed by atoms with Gasteiger partial charge >= 0.3 is 0 Å². The fraction of sp³-hybridized carbons (Fsp3) is 0.200. The molecule has 5 nitrogen and oxygen atoms in total. The summed E-state index contributed by atoms with van der Waals surface area (Å²) in [6.45, 7) is 4.02. The number of hydrogen-bond donors (Lipinski definition) is 1. The second-order valence-electron chi connectivity index (χ2n) is 4.82. The molecule has 0 spiro atoms. The van der Waals surface area contributed by atoms with Gasteiger partial charge in [0.15, 0.2) is 5.65 Å². The maximum Gasteiger partial charge on any atom is 0.150 e. The van der Waals surface area contributed by atoms with Crippen LogP contribution in [0.1, 0.15) is 11.3 Å². The first-order chi connectivity index (χ1) is 10.0. The van der Waals surface area contributed by atoms with E-state index in [4.69, 9.17) is 22.1 Å². The van der Waals surface area contributed by atoms with Gasteiger partial charge in [0, 0.05) is 10.7 Å². The van der Waals surface area contributed by atoms with Crippen molar-refractivity contribution in [2.24, 2.45) is 0 Å². The molecular formula is C15H15ClN4O. The summed E-state index contributed by atoms with van der Waals surface area (Å²) < 4.78 is 7.44. The zero-order valence-electron chi connectivity index (χ0n) is 12.0. The lowest BCUT2D eigenvalue weighted by molar-refractivity contribution is 0.413. The summed E-state index contributed by atoms with van der Waals surface area (Å²) in [5, 5.41) is 1.49. The molecule has 0 saturated carbocycles. The summed E-state index contributed by atoms with van der Waals surface area (Å²) in [5.74, 6) is 1.19. The lowest BCUT2D eigenvalue weighted by Gasteiger charge is -2.13. The topological polar surface area (TPSA) is 66.0 Å². The number of anilines is 1. The van der Waals surface area contributed by atoms with E-state index in [9.17, 15) is 0 Å². The molecule has 0 fully saturated rings. The normalized spacial score (nSPS) is 11.0. The van der Waals surface area contributed by atoms with Gasteiger partial charge in [-0.3, -0.25) is 4.57 Å². The number of nitrogens with two attached hydrogens (primary N) is 1. The second kappa shape index (κ2) is 4.93. The van der Waals surface area contributed by atoms with Gasteiger partial charge in [0.25, 0.3) is 0 Å². The number of aryl methyl sites for hydroxylation is 1. The number of aromatic nitrogens is 3. The zero-order valence-corrected chi connectivity index (χ0v) is 12.8. The number of rotatable bonds is 2. The van der Waals surface area contributed by atoms with E-state index >= 15 is 0 Å². The Morgan fingerprint density at radius 1 is 1.24 bits per heavy atom. The van der Waals surface area contributed by atoms with Gasteiger partial charge in [-0.05, 0) is 37.6 Å². The Labute approximate surface area is 127 Å². The van der Waals surface area contributed by atoms with Crippen molar-refractivity contribution in [2.45, 2.75) is 13.8 Å². The van der Waals surface area contributed by atoms with E-state index in [1.807, 2.05) is 30.5 Å². The van der Waals surface area contributed by atoms with Crippen LogP contribution in [-0.4, -0.2) is 21.6 Å². The predicted molar refractivity (Wildman–Crippen MR) is 84.3 cm³/mol. The van der Waals surface area contributed by atoms with Gasteiger partial charge in [0.2, 0.25) is 0 Å². The van der Waals surface area contributed by atoms with Crippen molar-refractivity contribution in [1.29, 1.82) is 0 Å². The van der Waals surface area contributed by atoms with Crippen LogP contribution in [0, 0.1) is 13.8 Å². The molecule has 2 aromatic heterocycles. The Morgan fingerprint density at radius 3 is 2.71 bits per heavy atom. The highest BCUT2D eigenvalue weighted by molar-refractivity contribution is 6.30. The third kappa shape index (κ3) is 2.01. The third-order valence-corrected chi connectivity index (χ3v) is 3.94. The van der Waals surface area contributed by atoms with Crippen LogP contribution in [0.15, 0.2) is 24.5 Å². The van der Waals surface area contributed by atoms with E-state index in [1.54, 1.807) is 13.2 Å². The zero-order chi connectivity index (χ0) is 15.1. The number of hydrogen-bond acceptors (Lipinski definition) is 4. The average molecular weight is 303 g/mol. The molecule has 3 aromatic rings. The van der Waals surface area contributed by atoms with Crippen LogP contribution >= 0.6 is 11.6 Å². The molecule has 0 amide bonds. The fourth-order valence-electron chi connectivity index (χ4n) is 2.56. The van der Waals surface area contributed by atoms with Gasteiger partial charge in [-0.1, -0.05) is 11.6 Å². The first-order valence-electron chi connectivity index (χ1n) is 6.46. The Kier molecular flexibility index (Phi) is 3.22. The highest BCUT2D eigenvalue weighted by Gasteiger charge is 2.18. The highest BCUT2D eigenvalue weighted by Crippen LogP contribution is 2.34. The molecule has 0 unspecified atom stereocenters. The summed E-state index contributed by atoms with van der Waals surface area (Å²) in [6, 6.07) is 5.48. The molecule has 21 heavy (non-hydrogen) atoms. The minimum Gasteiger partial charge on any atom is -0.495 e. The molecule has 2 heterocycles. The van der Waals surface area contributed by atoms with E-state index in [0.717, 1.165) is 33.7 Å². The molecule has 0 aliphatic rings. The van der Waals surface area contributed by atoms with Gasteiger partial charge in [-0.15, -0.1) is 0 Å². The maximum atomic E-state index is 6.14. The smallest absolute Gasteiger partial charge is 0.150 e. The summed E-state index contributed by atoms with van der Waals surface area (Å²) >= 11 is 6.14. The minimum atomic E-state index is 0.473. The summed E-state index contributed by atoms with van der Waals surface area (Å²) in [5.41, 5.74) is 9.65. The molecule has 108 valence electrons. The largest absolute Gasteiger partial charge is 0.495 e. The molecular weight excluding hydrogens is 288 g/mol. The van der Waals surface area contributed by atoms with Crippen molar-refractivity contribution in [1.82, 2.24) is 14.5 Å². The molecule has 3 rings (SSSR count). The first-order valence-corrected chi connectivity index (χ1v) is 6.84. The third-order valence-electron chi connectivity index (χ3n) is 3.70. The number of benzene rings is 1. The van der Waals surface area contributed by atoms with Gasteiger partial charge in [0.05, 0.1) is 18.2 Å². The highest BCUT2D eigenvalue weighted by atomic mass is 35.5. The van der Waals surface area contributed by atoms with E-state index < -0.39 is 0 Å². The van der Waals surface area contributed by atoms with Crippen molar-refractivity contribution in [3.8, 4) is 11.4 Å². The van der Waals surface area contributed by atoms with Crippen molar-refractivity contribution < 1.29 is 4.74 Å². The first kappa shape index (κ1) is 13.7. The van der Waals surface area contributed by atoms with Crippen LogP contribution in [0.3, 0.4) is 0 Å². The second-order valence-corrected chi connectivity index (χ2v) is 5.26. The van der Waals surface area contributed by atoms with Gasteiger partial charge in [-0.2, -0.15) is 0 Å². The van der Waals surface area contributed by atoms with E-state index in [0.29, 0.717) is 10.8 Å². The summed E-state index contributed by atoms with van der Waals surface area (Å²) in [4.78, 5) is 8.45. The Balaban J connectivity index is 2.44. The molecule has 0 radical (unpaired) electrons. The SMILES string of the molecule is COc1ccc(Cl)cc1-n1c(C)c(C)c2c(N)ncnc21. The molecule has 1 aromatic carbocycles. The van der Waals surface area contributed by atoms with Crippen LogP contribution in [0.2, 0.25) is 5.02 Å². The number of nitrogens with zero attached hydrogens (tertiary/aromatic N) is 3. The minimum absolute atomic E-state index is 0.473. The number of methoxy groups -OCH3 is 1. The number of ether oxygens (including phenoxy) is 1. The van der Waals surface area contributed by atoms with Crippen LogP contribution in [0.4, 0.5) is 5.82 Å². The van der Waals surface area contributed by atoms with E-state index in [2.05, 4.69) is 9.97 Å². The predicted octanol–water partition coefficient (Wildman–Crippen LogP) is 3.28. The summed E-state index contributed by atoms with van der Waals surface area (Å²) in [6.07, 6.45) is 1.46. The monoisotopic (exact) mass is 302 g/mol. The maximum absolute atomic E-state index is 6.14. The quantitative estimate of drug-likeness (QED) is 0.789. The lowest BCUT2D eigenvalue weighted by atomic mass is 10.2. The number of halogens is 1. The van der Waals surface area contributed by atoms with Crippen LogP contribution < -0.4 is 10.5 Å². The molecule has 6 heteroatoms. The van der Waals surface area contributed by atoms with Crippen molar-refractivity contribution in [3.63, 3.8) is 0 Å². The van der Waals surface area contributed by atoms with Crippen LogP contribution in [-0.2, 0) is 0 Å². The van der Waals surface area contributed by atoms with Gasteiger partial charge in [0.1, 0.15) is 17.9 Å². The Morgan fingerprint density at radius 2 is 2.00 bits per heavy atom. The number of fused-ring (bicyclic) bond motifs is 1. The van der Waals surface area contributed by atoms with Crippen molar-refractivity contribution in [3.05, 3.63) is 40.8 Å². The molecule has 0 aliphatic heterocycles. The number of nitrogen functional groups attached to an aromatic ring is 1. The average Bonchev–Trinajstić information content (AvgIpc) is 2.72. The molecule has 0 atom stereocenters. The van der Waals surface area contributed by atoms with Crippen LogP contribution in [0.5, 0.6) is 5.75 Å². The summed E-state index contributed by atoms with van der Waals surface area (Å²) in [7, 11) is 1.63. The fourth-order valence-corrected chi connectivity index (χ4v) is 2.73. The van der Waals surface area contributed by atoms with E-state index in [1.165, 1.54) is 6.33 Å². The Hall–Kier alpha value is -2.27. The van der Waals surface area contributed by atoms with Crippen molar-refractivity contribution >= 4 is 28.5 Å².